The van der Waals surface area contributed by atoms with Gasteiger partial charge in [0.2, 0.25) is 0 Å². The summed E-state index contributed by atoms with van der Waals surface area (Å²) in [6, 6.07) is 16.4. The average Bonchev–Trinajstić information content (AvgIpc) is 3.17. The van der Waals surface area contributed by atoms with E-state index in [9.17, 15) is 9.59 Å². The molecule has 4 aromatic rings. The highest BCUT2D eigenvalue weighted by Gasteiger charge is 2.23. The molecular weight excluding hydrogens is 404 g/mol. The molecule has 2 heterocycles. The van der Waals surface area contributed by atoms with Gasteiger partial charge < -0.3 is 20.0 Å². The molecule has 7 nitrogen and oxygen atoms in total. The molecule has 164 valence electrons. The van der Waals surface area contributed by atoms with Gasteiger partial charge in [-0.1, -0.05) is 35.9 Å². The fourth-order valence-corrected chi connectivity index (χ4v) is 3.69. The molecule has 0 radical (unpaired) electrons. The van der Waals surface area contributed by atoms with Gasteiger partial charge in [-0.25, -0.2) is 4.98 Å². The average molecular weight is 431 g/mol. The van der Waals surface area contributed by atoms with Crippen molar-refractivity contribution in [3.05, 3.63) is 93.8 Å². The number of hydrogen-bond acceptors (Lipinski definition) is 4. The molecule has 2 aromatic carbocycles. The molecule has 0 saturated heterocycles. The Labute approximate surface area is 185 Å². The Morgan fingerprint density at radius 1 is 1.12 bits per heavy atom. The lowest BCUT2D eigenvalue weighted by molar-refractivity contribution is -0.128. The van der Waals surface area contributed by atoms with Crippen LogP contribution in [0.1, 0.15) is 35.6 Å². The highest BCUT2D eigenvalue weighted by atomic mass is 16.5. The lowest BCUT2D eigenvalue weighted by Gasteiger charge is -2.21. The van der Waals surface area contributed by atoms with Gasteiger partial charge in [0.05, 0.1) is 11.7 Å². The number of para-hydroxylation sites is 1. The molecule has 2 aromatic heterocycles. The summed E-state index contributed by atoms with van der Waals surface area (Å²) >= 11 is 0. The molecule has 0 bridgehead atoms. The first-order valence-electron chi connectivity index (χ1n) is 10.6. The highest BCUT2D eigenvalue weighted by Crippen LogP contribution is 2.24. The third-order valence-corrected chi connectivity index (χ3v) is 5.36. The molecule has 32 heavy (non-hydrogen) atoms. The van der Waals surface area contributed by atoms with Crippen LogP contribution in [0.25, 0.3) is 10.9 Å². The standard InChI is InChI=1S/C25H26N4O3/c1-15-8-10-19(11-9-15)32-16(2)25(31)29-22(23-13-24(30)28-17(3)27-23)12-18-14-26-21-7-5-4-6-20(18)21/h4-11,13-14,16,22,26H,12H2,1-3H3,(H,29,31)(H,27,28,30). The maximum absolute atomic E-state index is 13.0. The van der Waals surface area contributed by atoms with Crippen LogP contribution in [0, 0.1) is 13.8 Å². The number of benzene rings is 2. The van der Waals surface area contributed by atoms with Crippen molar-refractivity contribution in [3.63, 3.8) is 0 Å². The van der Waals surface area contributed by atoms with Crippen LogP contribution in [0.5, 0.6) is 5.75 Å². The largest absolute Gasteiger partial charge is 0.481 e. The minimum absolute atomic E-state index is 0.255. The Balaban J connectivity index is 1.59. The van der Waals surface area contributed by atoms with Gasteiger partial charge in [-0.05, 0) is 44.5 Å². The topological polar surface area (TPSA) is 99.9 Å². The van der Waals surface area contributed by atoms with Gasteiger partial charge >= 0.3 is 0 Å². The van der Waals surface area contributed by atoms with Crippen molar-refractivity contribution in [2.75, 3.05) is 0 Å². The zero-order chi connectivity index (χ0) is 22.7. The molecule has 1 amide bonds. The normalized spacial score (nSPS) is 13.0. The second-order valence-corrected chi connectivity index (χ2v) is 7.95. The predicted molar refractivity (Wildman–Crippen MR) is 124 cm³/mol. The summed E-state index contributed by atoms with van der Waals surface area (Å²) in [5.41, 5.74) is 3.41. The first kappa shape index (κ1) is 21.4. The smallest absolute Gasteiger partial charge is 0.261 e. The number of aromatic nitrogens is 3. The third kappa shape index (κ3) is 4.88. The van der Waals surface area contributed by atoms with Crippen molar-refractivity contribution in [2.24, 2.45) is 0 Å². The van der Waals surface area contributed by atoms with Crippen molar-refractivity contribution >= 4 is 16.8 Å². The molecule has 7 heteroatoms. The molecule has 3 N–H and O–H groups in total. The van der Waals surface area contributed by atoms with Gasteiger partial charge in [-0.15, -0.1) is 0 Å². The van der Waals surface area contributed by atoms with Gasteiger partial charge in [0.15, 0.2) is 6.10 Å². The van der Waals surface area contributed by atoms with Crippen molar-refractivity contribution in [1.29, 1.82) is 0 Å². The van der Waals surface area contributed by atoms with E-state index in [1.807, 2.05) is 61.7 Å². The molecule has 4 rings (SSSR count). The van der Waals surface area contributed by atoms with Gasteiger partial charge in [0.1, 0.15) is 11.6 Å². The van der Waals surface area contributed by atoms with E-state index in [0.29, 0.717) is 23.7 Å². The number of aromatic amines is 2. The summed E-state index contributed by atoms with van der Waals surface area (Å²) in [6.45, 7) is 5.42. The van der Waals surface area contributed by atoms with Crippen molar-refractivity contribution < 1.29 is 9.53 Å². The second-order valence-electron chi connectivity index (χ2n) is 7.95. The number of fused-ring (bicyclic) bond motifs is 1. The Hall–Kier alpha value is -3.87. The number of nitrogens with one attached hydrogen (secondary N) is 3. The molecule has 0 fully saturated rings. The lowest BCUT2D eigenvalue weighted by Crippen LogP contribution is -2.40. The van der Waals surface area contributed by atoms with Crippen LogP contribution < -0.4 is 15.6 Å². The number of amides is 1. The number of nitrogens with zero attached hydrogens (tertiary/aromatic N) is 1. The van der Waals surface area contributed by atoms with Crippen LogP contribution in [0.15, 0.2) is 65.6 Å². The summed E-state index contributed by atoms with van der Waals surface area (Å²) in [6.07, 6.45) is 1.69. The predicted octanol–water partition coefficient (Wildman–Crippen LogP) is 3.74. The van der Waals surface area contributed by atoms with E-state index < -0.39 is 12.1 Å². The van der Waals surface area contributed by atoms with Crippen LogP contribution in [0.2, 0.25) is 0 Å². The Morgan fingerprint density at radius 2 is 1.88 bits per heavy atom. The Bertz CT molecular complexity index is 1290. The number of H-pyrrole nitrogens is 2. The highest BCUT2D eigenvalue weighted by molar-refractivity contribution is 5.84. The van der Waals surface area contributed by atoms with Crippen LogP contribution >= 0.6 is 0 Å². The van der Waals surface area contributed by atoms with Gasteiger partial charge in [-0.3, -0.25) is 9.59 Å². The number of carbonyl (C=O) groups excluding carboxylic acids is 1. The van der Waals surface area contributed by atoms with E-state index >= 15 is 0 Å². The molecule has 0 aliphatic heterocycles. The molecule has 2 unspecified atom stereocenters. The third-order valence-electron chi connectivity index (χ3n) is 5.36. The fraction of sp³-hybridized carbons (Fsp3) is 0.240. The first-order chi connectivity index (χ1) is 15.4. The summed E-state index contributed by atoms with van der Waals surface area (Å²) in [4.78, 5) is 35.5. The number of rotatable bonds is 7. The zero-order valence-corrected chi connectivity index (χ0v) is 18.3. The monoisotopic (exact) mass is 430 g/mol. The molecule has 0 saturated carbocycles. The summed E-state index contributed by atoms with van der Waals surface area (Å²) in [5.74, 6) is 0.835. The van der Waals surface area contributed by atoms with Crippen molar-refractivity contribution in [2.45, 2.75) is 39.3 Å². The number of ether oxygens (including phenoxy) is 1. The maximum atomic E-state index is 13.0. The molecule has 2 atom stereocenters. The lowest BCUT2D eigenvalue weighted by atomic mass is 10.0. The summed E-state index contributed by atoms with van der Waals surface area (Å²) < 4.78 is 5.81. The van der Waals surface area contributed by atoms with Crippen LogP contribution in [0.4, 0.5) is 0 Å². The summed E-state index contributed by atoms with van der Waals surface area (Å²) in [7, 11) is 0. The number of carbonyl (C=O) groups is 1. The molecule has 0 aliphatic carbocycles. The Morgan fingerprint density at radius 3 is 2.62 bits per heavy atom. The first-order valence-corrected chi connectivity index (χ1v) is 10.6. The minimum Gasteiger partial charge on any atom is -0.481 e. The quantitative estimate of drug-likeness (QED) is 0.416. The van der Waals surface area contributed by atoms with E-state index in [0.717, 1.165) is 22.0 Å². The number of aryl methyl sites for hydroxylation is 2. The molecule has 0 aliphatic rings. The van der Waals surface area contributed by atoms with Crippen LogP contribution in [0.3, 0.4) is 0 Å². The van der Waals surface area contributed by atoms with Gasteiger partial charge in [-0.2, -0.15) is 0 Å². The molecular formula is C25H26N4O3. The van der Waals surface area contributed by atoms with E-state index in [-0.39, 0.29) is 11.5 Å². The second kappa shape index (κ2) is 9.09. The van der Waals surface area contributed by atoms with Gasteiger partial charge in [0, 0.05) is 29.6 Å². The van der Waals surface area contributed by atoms with E-state index in [1.165, 1.54) is 6.07 Å². The fourth-order valence-electron chi connectivity index (χ4n) is 3.69. The van der Waals surface area contributed by atoms with Crippen molar-refractivity contribution in [3.8, 4) is 5.75 Å². The maximum Gasteiger partial charge on any atom is 0.261 e. The minimum atomic E-state index is -0.716. The summed E-state index contributed by atoms with van der Waals surface area (Å²) in [5, 5.41) is 4.10. The van der Waals surface area contributed by atoms with Gasteiger partial charge in [0.25, 0.3) is 11.5 Å². The zero-order valence-electron chi connectivity index (χ0n) is 18.3. The number of hydrogen-bond donors (Lipinski definition) is 3. The SMILES string of the molecule is Cc1ccc(OC(C)C(=O)NC(Cc2c[nH]c3ccccc23)c2cc(=O)[nH]c(C)n2)cc1. The van der Waals surface area contributed by atoms with Crippen LogP contribution in [-0.2, 0) is 11.2 Å². The van der Waals surface area contributed by atoms with Crippen molar-refractivity contribution in [1.82, 2.24) is 20.3 Å². The Kier molecular flexibility index (Phi) is 6.07. The van der Waals surface area contributed by atoms with E-state index in [2.05, 4.69) is 20.3 Å². The van der Waals surface area contributed by atoms with Crippen LogP contribution in [-0.4, -0.2) is 27.0 Å². The van der Waals surface area contributed by atoms with E-state index in [1.54, 1.807) is 13.8 Å². The van der Waals surface area contributed by atoms with E-state index in [4.69, 9.17) is 4.74 Å². The molecule has 0 spiro atoms.